The number of aryl methyl sites for hydroxylation is 1. The van der Waals surface area contributed by atoms with Crippen LogP contribution in [0.3, 0.4) is 0 Å². The van der Waals surface area contributed by atoms with E-state index in [1.807, 2.05) is 6.92 Å². The first kappa shape index (κ1) is 18.2. The quantitative estimate of drug-likeness (QED) is 0.766. The molecule has 0 fully saturated rings. The Hall–Kier alpha value is -2.19. The minimum atomic E-state index is -0.580. The van der Waals surface area contributed by atoms with Crippen LogP contribution in [0.1, 0.15) is 34.8 Å². The molecule has 0 unspecified atom stereocenters. The van der Waals surface area contributed by atoms with Crippen molar-refractivity contribution < 1.29 is 9.59 Å². The molecule has 0 saturated carbocycles. The van der Waals surface area contributed by atoms with Crippen molar-refractivity contribution in [3.05, 3.63) is 33.6 Å². The fourth-order valence-electron chi connectivity index (χ4n) is 1.98. The summed E-state index contributed by atoms with van der Waals surface area (Å²) in [5.74, 6) is -0.553. The summed E-state index contributed by atoms with van der Waals surface area (Å²) in [6, 6.07) is 0. The minimum Gasteiger partial charge on any atom is -0.365 e. The largest absolute Gasteiger partial charge is 0.365 e. The fraction of sp³-hybridized carbons (Fsp3) is 0.333. The first-order chi connectivity index (χ1) is 11.3. The van der Waals surface area contributed by atoms with Gasteiger partial charge in [-0.2, -0.15) is 5.10 Å². The summed E-state index contributed by atoms with van der Waals surface area (Å²) in [6.07, 6.45) is 4.28. The number of hydrogen-bond donors (Lipinski definition) is 2. The van der Waals surface area contributed by atoms with Crippen LogP contribution in [0.5, 0.6) is 0 Å². The molecule has 0 spiro atoms. The Bertz CT molecular complexity index is 794. The van der Waals surface area contributed by atoms with Gasteiger partial charge in [0.25, 0.3) is 5.91 Å². The zero-order valence-corrected chi connectivity index (χ0v) is 15.1. The van der Waals surface area contributed by atoms with E-state index in [9.17, 15) is 9.59 Å². The van der Waals surface area contributed by atoms with E-state index in [-0.39, 0.29) is 10.8 Å². The highest BCUT2D eigenvalue weighted by atomic mass is 35.5. The summed E-state index contributed by atoms with van der Waals surface area (Å²) >= 11 is 7.33. The number of carbonyl (C=O) groups excluding carboxylic acids is 2. The summed E-state index contributed by atoms with van der Waals surface area (Å²) in [6.45, 7) is 6.68. The van der Waals surface area contributed by atoms with Crippen LogP contribution in [0.2, 0.25) is 5.15 Å². The third kappa shape index (κ3) is 4.42. The number of aromatic nitrogens is 3. The number of carbonyl (C=O) groups is 2. The normalized spacial score (nSPS) is 11.4. The van der Waals surface area contributed by atoms with Gasteiger partial charge in [0, 0.05) is 18.2 Å². The third-order valence-electron chi connectivity index (χ3n) is 3.03. The van der Waals surface area contributed by atoms with Gasteiger partial charge in [-0.1, -0.05) is 36.8 Å². The van der Waals surface area contributed by atoms with E-state index >= 15 is 0 Å². The lowest BCUT2D eigenvalue weighted by atomic mass is 10.2. The van der Waals surface area contributed by atoms with Crippen LogP contribution in [0, 0.1) is 12.8 Å². The Morgan fingerprint density at radius 1 is 1.50 bits per heavy atom. The van der Waals surface area contributed by atoms with Crippen LogP contribution in [0.4, 0.5) is 5.13 Å². The maximum atomic E-state index is 12.0. The van der Waals surface area contributed by atoms with Gasteiger partial charge in [-0.15, -0.1) is 0 Å². The van der Waals surface area contributed by atoms with Crippen LogP contribution >= 0.6 is 22.9 Å². The van der Waals surface area contributed by atoms with Crippen LogP contribution < -0.4 is 11.1 Å². The molecule has 0 bridgehead atoms. The molecule has 0 atom stereocenters. The van der Waals surface area contributed by atoms with Gasteiger partial charge >= 0.3 is 0 Å². The summed E-state index contributed by atoms with van der Waals surface area (Å²) < 4.78 is 1.72. The van der Waals surface area contributed by atoms with Crippen molar-refractivity contribution in [2.75, 3.05) is 5.32 Å². The van der Waals surface area contributed by atoms with Crippen molar-refractivity contribution >= 4 is 46.0 Å². The van der Waals surface area contributed by atoms with E-state index in [0.717, 1.165) is 17.0 Å². The van der Waals surface area contributed by atoms with E-state index < -0.39 is 5.91 Å². The lowest BCUT2D eigenvalue weighted by Crippen LogP contribution is -2.08. The SMILES string of the molecule is Cc1nn(CC(C)C)c(Cl)c1/C=C/C(=O)Nc1ncc(C(N)=O)s1. The molecule has 0 aliphatic carbocycles. The maximum Gasteiger partial charge on any atom is 0.260 e. The monoisotopic (exact) mass is 367 g/mol. The van der Waals surface area contributed by atoms with Crippen molar-refractivity contribution in [1.82, 2.24) is 14.8 Å². The summed E-state index contributed by atoms with van der Waals surface area (Å²) in [5.41, 5.74) is 6.59. The molecule has 2 aromatic rings. The predicted molar refractivity (Wildman–Crippen MR) is 95.1 cm³/mol. The molecule has 24 heavy (non-hydrogen) atoms. The third-order valence-corrected chi connectivity index (χ3v) is 4.35. The first-order valence-corrected chi connectivity index (χ1v) is 8.45. The molecule has 0 aliphatic rings. The second kappa shape index (κ2) is 7.59. The topological polar surface area (TPSA) is 103 Å². The van der Waals surface area contributed by atoms with Gasteiger partial charge < -0.3 is 5.73 Å². The zero-order valence-electron chi connectivity index (χ0n) is 13.5. The summed E-state index contributed by atoms with van der Waals surface area (Å²) in [4.78, 5) is 27.2. The summed E-state index contributed by atoms with van der Waals surface area (Å²) in [5, 5.41) is 7.74. The van der Waals surface area contributed by atoms with Crippen LogP contribution in [0.25, 0.3) is 6.08 Å². The predicted octanol–water partition coefficient (Wildman–Crippen LogP) is 2.71. The minimum absolute atomic E-state index is 0.281. The number of rotatable bonds is 6. The van der Waals surface area contributed by atoms with E-state index in [2.05, 4.69) is 29.2 Å². The number of thiazole rings is 1. The van der Waals surface area contributed by atoms with Gasteiger partial charge in [0.15, 0.2) is 5.13 Å². The highest BCUT2D eigenvalue weighted by molar-refractivity contribution is 7.17. The van der Waals surface area contributed by atoms with Gasteiger partial charge in [0.05, 0.1) is 11.9 Å². The fourth-order valence-corrected chi connectivity index (χ4v) is 2.95. The summed E-state index contributed by atoms with van der Waals surface area (Å²) in [7, 11) is 0. The molecular weight excluding hydrogens is 350 g/mol. The second-order valence-electron chi connectivity index (χ2n) is 5.58. The number of amides is 2. The van der Waals surface area contributed by atoms with Crippen LogP contribution in [-0.4, -0.2) is 26.6 Å². The number of hydrogen-bond acceptors (Lipinski definition) is 5. The van der Waals surface area contributed by atoms with Gasteiger partial charge in [-0.05, 0) is 18.9 Å². The molecule has 9 heteroatoms. The number of nitrogens with two attached hydrogens (primary N) is 1. The number of primary amides is 1. The molecule has 2 amide bonds. The molecule has 7 nitrogen and oxygen atoms in total. The van der Waals surface area contributed by atoms with E-state index in [1.165, 1.54) is 12.3 Å². The Morgan fingerprint density at radius 3 is 2.79 bits per heavy atom. The zero-order chi connectivity index (χ0) is 17.9. The molecule has 128 valence electrons. The Labute approximate surface area is 148 Å². The standard InChI is InChI=1S/C15H18ClN5O2S/c1-8(2)7-21-13(16)10(9(3)20-21)4-5-12(22)19-15-18-6-11(24-15)14(17)23/h4-6,8H,7H2,1-3H3,(H2,17,23)(H,18,19,22)/b5-4+. The Morgan fingerprint density at radius 2 is 2.21 bits per heavy atom. The van der Waals surface area contributed by atoms with E-state index in [4.69, 9.17) is 17.3 Å². The average molecular weight is 368 g/mol. The second-order valence-corrected chi connectivity index (χ2v) is 6.97. The smallest absolute Gasteiger partial charge is 0.260 e. The number of anilines is 1. The van der Waals surface area contributed by atoms with Crippen molar-refractivity contribution in [3.8, 4) is 0 Å². The lowest BCUT2D eigenvalue weighted by molar-refractivity contribution is -0.111. The number of nitrogens with one attached hydrogen (secondary N) is 1. The molecule has 0 aliphatic heterocycles. The van der Waals surface area contributed by atoms with E-state index in [0.29, 0.717) is 28.3 Å². The molecule has 0 radical (unpaired) electrons. The van der Waals surface area contributed by atoms with Gasteiger partial charge in [0.1, 0.15) is 10.0 Å². The molecule has 2 rings (SSSR count). The molecule has 0 saturated heterocycles. The number of halogens is 1. The van der Waals surface area contributed by atoms with E-state index in [1.54, 1.807) is 10.8 Å². The van der Waals surface area contributed by atoms with Crippen molar-refractivity contribution in [2.24, 2.45) is 11.7 Å². The van der Waals surface area contributed by atoms with Crippen molar-refractivity contribution in [1.29, 1.82) is 0 Å². The first-order valence-electron chi connectivity index (χ1n) is 7.25. The molecule has 0 aromatic carbocycles. The Kier molecular flexibility index (Phi) is 5.74. The van der Waals surface area contributed by atoms with Crippen LogP contribution in [0.15, 0.2) is 12.3 Å². The van der Waals surface area contributed by atoms with Crippen LogP contribution in [-0.2, 0) is 11.3 Å². The molecular formula is C15H18ClN5O2S. The molecule has 2 aromatic heterocycles. The van der Waals surface area contributed by atoms with Gasteiger partial charge in [-0.25, -0.2) is 4.98 Å². The Balaban J connectivity index is 2.08. The maximum absolute atomic E-state index is 12.0. The van der Waals surface area contributed by atoms with Gasteiger partial charge in [0.2, 0.25) is 5.91 Å². The number of nitrogens with zero attached hydrogens (tertiary/aromatic N) is 3. The highest BCUT2D eigenvalue weighted by Crippen LogP contribution is 2.22. The van der Waals surface area contributed by atoms with Crippen molar-refractivity contribution in [3.63, 3.8) is 0 Å². The van der Waals surface area contributed by atoms with Crippen molar-refractivity contribution in [2.45, 2.75) is 27.3 Å². The average Bonchev–Trinajstić information content (AvgIpc) is 3.03. The molecule has 2 heterocycles. The van der Waals surface area contributed by atoms with Gasteiger partial charge in [-0.3, -0.25) is 19.6 Å². The lowest BCUT2D eigenvalue weighted by Gasteiger charge is -2.05. The molecule has 3 N–H and O–H groups in total. The highest BCUT2D eigenvalue weighted by Gasteiger charge is 2.13.